The number of anilines is 3. The molecule has 3 heterocycles. The van der Waals surface area contributed by atoms with E-state index in [1.807, 2.05) is 13.0 Å². The van der Waals surface area contributed by atoms with E-state index in [0.29, 0.717) is 5.78 Å². The summed E-state index contributed by atoms with van der Waals surface area (Å²) in [5, 5.41) is 8.87. The van der Waals surface area contributed by atoms with Crippen molar-refractivity contribution in [2.45, 2.75) is 25.4 Å². The third-order valence-electron chi connectivity index (χ3n) is 4.86. The molecule has 2 aromatic heterocycles. The van der Waals surface area contributed by atoms with Crippen LogP contribution in [0.5, 0.6) is 0 Å². The Bertz CT molecular complexity index is 930. The van der Waals surface area contributed by atoms with Crippen molar-refractivity contribution in [3.63, 3.8) is 0 Å². The van der Waals surface area contributed by atoms with Crippen LogP contribution in [0, 0.1) is 6.92 Å². The van der Waals surface area contributed by atoms with Gasteiger partial charge in [0.2, 0.25) is 5.16 Å². The van der Waals surface area contributed by atoms with E-state index < -0.39 is 0 Å². The maximum atomic E-state index is 4.62. The van der Waals surface area contributed by atoms with Crippen molar-refractivity contribution < 1.29 is 0 Å². The van der Waals surface area contributed by atoms with Gasteiger partial charge in [-0.3, -0.25) is 0 Å². The molecule has 8 heteroatoms. The van der Waals surface area contributed by atoms with Crippen LogP contribution in [0.4, 0.5) is 17.2 Å². The van der Waals surface area contributed by atoms with Crippen molar-refractivity contribution in [2.24, 2.45) is 0 Å². The van der Waals surface area contributed by atoms with Gasteiger partial charge in [-0.2, -0.15) is 9.50 Å². The molecule has 1 saturated heterocycles. The van der Waals surface area contributed by atoms with E-state index in [4.69, 9.17) is 0 Å². The third-order valence-corrected chi connectivity index (χ3v) is 5.91. The number of hydrogen-bond donors (Lipinski definition) is 1. The summed E-state index contributed by atoms with van der Waals surface area (Å²) in [7, 11) is 2.18. The molecule has 7 nitrogen and oxygen atoms in total. The SMILES string of the molecule is CCCSc1nc2nc(C)cc(Nc3ccc(N4CCN(C)CC4)cc3)n2n1. The van der Waals surface area contributed by atoms with Crippen LogP contribution in [0.25, 0.3) is 5.78 Å². The van der Waals surface area contributed by atoms with E-state index in [9.17, 15) is 0 Å². The van der Waals surface area contributed by atoms with Gasteiger partial charge in [0.1, 0.15) is 5.82 Å². The van der Waals surface area contributed by atoms with Crippen LogP contribution in [0.15, 0.2) is 35.5 Å². The first-order chi connectivity index (χ1) is 13.6. The molecule has 148 valence electrons. The summed E-state index contributed by atoms with van der Waals surface area (Å²) in [6.07, 6.45) is 1.09. The molecule has 0 radical (unpaired) electrons. The summed E-state index contributed by atoms with van der Waals surface area (Å²) in [5.41, 5.74) is 3.22. The molecule has 4 rings (SSSR count). The van der Waals surface area contributed by atoms with Crippen LogP contribution in [-0.4, -0.2) is 63.5 Å². The zero-order valence-corrected chi connectivity index (χ0v) is 17.5. The molecule has 0 bridgehead atoms. The number of nitrogens with zero attached hydrogens (tertiary/aromatic N) is 6. The van der Waals surface area contributed by atoms with E-state index in [0.717, 1.165) is 60.7 Å². The van der Waals surface area contributed by atoms with Crippen molar-refractivity contribution in [2.75, 3.05) is 49.2 Å². The second-order valence-corrected chi connectivity index (χ2v) is 8.26. The number of aryl methyl sites for hydroxylation is 1. The molecule has 0 unspecified atom stereocenters. The van der Waals surface area contributed by atoms with E-state index in [1.165, 1.54) is 5.69 Å². The van der Waals surface area contributed by atoms with Crippen LogP contribution >= 0.6 is 11.8 Å². The highest BCUT2D eigenvalue weighted by atomic mass is 32.2. The maximum absolute atomic E-state index is 4.62. The minimum absolute atomic E-state index is 0.634. The zero-order valence-electron chi connectivity index (χ0n) is 16.7. The summed E-state index contributed by atoms with van der Waals surface area (Å²) in [5.74, 6) is 2.52. The standard InChI is InChI=1S/C20H27N7S/c1-4-13-28-20-23-19-21-15(2)14-18(27(19)24-20)22-16-5-7-17(8-6-16)26-11-9-25(3)10-12-26/h5-8,14,22H,4,9-13H2,1-3H3. The van der Waals surface area contributed by atoms with Crippen molar-refractivity contribution >= 4 is 34.7 Å². The summed E-state index contributed by atoms with van der Waals surface area (Å²) in [4.78, 5) is 13.9. The number of aromatic nitrogens is 4. The van der Waals surface area contributed by atoms with E-state index in [2.05, 4.69) is 68.4 Å². The Morgan fingerprint density at radius 3 is 2.54 bits per heavy atom. The molecule has 0 amide bonds. The first-order valence-corrected chi connectivity index (χ1v) is 10.8. The quantitative estimate of drug-likeness (QED) is 0.639. The fraction of sp³-hybridized carbons (Fsp3) is 0.450. The smallest absolute Gasteiger partial charge is 0.255 e. The Kier molecular flexibility index (Phi) is 5.68. The molecule has 28 heavy (non-hydrogen) atoms. The lowest BCUT2D eigenvalue weighted by Gasteiger charge is -2.34. The third kappa shape index (κ3) is 4.23. The number of piperazine rings is 1. The Morgan fingerprint density at radius 2 is 1.82 bits per heavy atom. The summed E-state index contributed by atoms with van der Waals surface area (Å²) in [6, 6.07) is 10.6. The van der Waals surface area contributed by atoms with Gasteiger partial charge in [-0.25, -0.2) is 4.98 Å². The lowest BCUT2D eigenvalue weighted by atomic mass is 10.2. The first-order valence-electron chi connectivity index (χ1n) is 9.80. The molecule has 1 aliphatic heterocycles. The summed E-state index contributed by atoms with van der Waals surface area (Å²) < 4.78 is 1.79. The molecular formula is C20H27N7S. The molecular weight excluding hydrogens is 370 g/mol. The van der Waals surface area contributed by atoms with Crippen molar-refractivity contribution in [3.05, 3.63) is 36.0 Å². The number of nitrogens with one attached hydrogen (secondary N) is 1. The summed E-state index contributed by atoms with van der Waals surface area (Å²) >= 11 is 1.67. The lowest BCUT2D eigenvalue weighted by Crippen LogP contribution is -2.44. The van der Waals surface area contributed by atoms with Gasteiger partial charge in [0.15, 0.2) is 0 Å². The Balaban J connectivity index is 1.53. The molecule has 1 aliphatic rings. The van der Waals surface area contributed by atoms with Gasteiger partial charge in [-0.05, 0) is 44.7 Å². The van der Waals surface area contributed by atoms with Crippen LogP contribution in [0.1, 0.15) is 19.0 Å². The average Bonchev–Trinajstić information content (AvgIpc) is 3.10. The van der Waals surface area contributed by atoms with Gasteiger partial charge in [0.25, 0.3) is 5.78 Å². The normalized spacial score (nSPS) is 15.3. The van der Waals surface area contributed by atoms with Gasteiger partial charge in [-0.1, -0.05) is 18.7 Å². The maximum Gasteiger partial charge on any atom is 0.255 e. The number of benzene rings is 1. The summed E-state index contributed by atoms with van der Waals surface area (Å²) in [6.45, 7) is 8.51. The van der Waals surface area contributed by atoms with Crippen LogP contribution in [0.3, 0.4) is 0 Å². The second-order valence-electron chi connectivity index (χ2n) is 7.20. The molecule has 0 atom stereocenters. The highest BCUT2D eigenvalue weighted by Gasteiger charge is 2.14. The van der Waals surface area contributed by atoms with Crippen molar-refractivity contribution in [1.29, 1.82) is 0 Å². The minimum Gasteiger partial charge on any atom is -0.369 e. The predicted molar refractivity (Wildman–Crippen MR) is 116 cm³/mol. The van der Waals surface area contributed by atoms with Crippen LogP contribution in [-0.2, 0) is 0 Å². The zero-order chi connectivity index (χ0) is 19.5. The topological polar surface area (TPSA) is 61.6 Å². The molecule has 0 spiro atoms. The second kappa shape index (κ2) is 8.36. The minimum atomic E-state index is 0.634. The lowest BCUT2D eigenvalue weighted by molar-refractivity contribution is 0.313. The number of fused-ring (bicyclic) bond motifs is 1. The Hall–Kier alpha value is -2.32. The Morgan fingerprint density at radius 1 is 1.07 bits per heavy atom. The predicted octanol–water partition coefficient (Wildman–Crippen LogP) is 3.43. The monoisotopic (exact) mass is 397 g/mol. The van der Waals surface area contributed by atoms with Crippen LogP contribution < -0.4 is 10.2 Å². The molecule has 0 saturated carbocycles. The number of hydrogen-bond acceptors (Lipinski definition) is 7. The van der Waals surface area contributed by atoms with E-state index in [-0.39, 0.29) is 0 Å². The number of likely N-dealkylation sites (N-methyl/N-ethyl adjacent to an activating group) is 1. The fourth-order valence-corrected chi connectivity index (χ4v) is 3.95. The molecule has 3 aromatic rings. The molecule has 1 N–H and O–H groups in total. The van der Waals surface area contributed by atoms with Crippen LogP contribution in [0.2, 0.25) is 0 Å². The van der Waals surface area contributed by atoms with Gasteiger partial charge < -0.3 is 15.1 Å². The van der Waals surface area contributed by atoms with Gasteiger partial charge in [0, 0.05) is 55.1 Å². The van der Waals surface area contributed by atoms with Crippen molar-refractivity contribution in [1.82, 2.24) is 24.5 Å². The first kappa shape index (κ1) is 19.0. The molecule has 1 fully saturated rings. The Labute approximate surface area is 170 Å². The average molecular weight is 398 g/mol. The number of rotatable bonds is 6. The van der Waals surface area contributed by atoms with Crippen molar-refractivity contribution in [3.8, 4) is 0 Å². The number of thioether (sulfide) groups is 1. The van der Waals surface area contributed by atoms with Gasteiger partial charge in [-0.15, -0.1) is 5.10 Å². The highest BCUT2D eigenvalue weighted by molar-refractivity contribution is 7.99. The van der Waals surface area contributed by atoms with Gasteiger partial charge in [0.05, 0.1) is 0 Å². The van der Waals surface area contributed by atoms with E-state index in [1.54, 1.807) is 16.3 Å². The largest absolute Gasteiger partial charge is 0.369 e. The van der Waals surface area contributed by atoms with E-state index >= 15 is 0 Å². The molecule has 1 aromatic carbocycles. The highest BCUT2D eigenvalue weighted by Crippen LogP contribution is 2.24. The molecule has 0 aliphatic carbocycles. The van der Waals surface area contributed by atoms with Gasteiger partial charge >= 0.3 is 0 Å². The fourth-order valence-electron chi connectivity index (χ4n) is 3.28.